The molecule has 7 nitrogen and oxygen atoms in total. The average molecular weight is 377 g/mol. The summed E-state index contributed by atoms with van der Waals surface area (Å²) in [5, 5.41) is 12.2. The summed E-state index contributed by atoms with van der Waals surface area (Å²) >= 11 is 0. The van der Waals surface area contributed by atoms with Crippen molar-refractivity contribution in [2.75, 3.05) is 20.3 Å². The maximum absolute atomic E-state index is 12.8. The zero-order chi connectivity index (χ0) is 19.3. The highest BCUT2D eigenvalue weighted by Crippen LogP contribution is 2.33. The summed E-state index contributed by atoms with van der Waals surface area (Å²) in [6, 6.07) is 5.09. The van der Waals surface area contributed by atoms with Gasteiger partial charge in [-0.25, -0.2) is 0 Å². The number of methoxy groups -OCH3 is 1. The first-order chi connectivity index (χ1) is 13.0. The molecular formula is C20H27NO6. The van der Waals surface area contributed by atoms with Gasteiger partial charge < -0.3 is 24.6 Å². The first-order valence-electron chi connectivity index (χ1n) is 9.48. The van der Waals surface area contributed by atoms with Gasteiger partial charge in [-0.3, -0.25) is 9.59 Å². The first kappa shape index (κ1) is 19.5. The Balaban J connectivity index is 1.73. The Kier molecular flexibility index (Phi) is 6.21. The van der Waals surface area contributed by atoms with Gasteiger partial charge in [0.2, 0.25) is 0 Å². The van der Waals surface area contributed by atoms with Crippen LogP contribution >= 0.6 is 0 Å². The van der Waals surface area contributed by atoms with Crippen LogP contribution in [0.4, 0.5) is 0 Å². The highest BCUT2D eigenvalue weighted by molar-refractivity contribution is 5.95. The van der Waals surface area contributed by atoms with Crippen LogP contribution in [0.25, 0.3) is 0 Å². The molecular weight excluding hydrogens is 350 g/mol. The molecule has 2 N–H and O–H groups in total. The number of aliphatic carboxylic acids is 1. The summed E-state index contributed by atoms with van der Waals surface area (Å²) in [5.74, 6) is -0.111. The quantitative estimate of drug-likeness (QED) is 0.759. The molecule has 1 aliphatic heterocycles. The van der Waals surface area contributed by atoms with E-state index in [-0.39, 0.29) is 18.4 Å². The van der Waals surface area contributed by atoms with Gasteiger partial charge in [0, 0.05) is 18.8 Å². The third kappa shape index (κ3) is 4.91. The van der Waals surface area contributed by atoms with E-state index in [1.54, 1.807) is 25.3 Å². The monoisotopic (exact) mass is 377 g/mol. The van der Waals surface area contributed by atoms with E-state index in [9.17, 15) is 14.7 Å². The van der Waals surface area contributed by atoms with Crippen molar-refractivity contribution >= 4 is 11.9 Å². The van der Waals surface area contributed by atoms with Crippen molar-refractivity contribution in [1.29, 1.82) is 0 Å². The first-order valence-corrected chi connectivity index (χ1v) is 9.48. The minimum atomic E-state index is -0.935. The van der Waals surface area contributed by atoms with Crippen molar-refractivity contribution in [3.8, 4) is 11.5 Å². The summed E-state index contributed by atoms with van der Waals surface area (Å²) < 4.78 is 16.7. The molecule has 148 valence electrons. The van der Waals surface area contributed by atoms with Crippen LogP contribution in [0.2, 0.25) is 0 Å². The number of carbonyl (C=O) groups excluding carboxylic acids is 1. The van der Waals surface area contributed by atoms with Crippen molar-refractivity contribution < 1.29 is 28.9 Å². The van der Waals surface area contributed by atoms with Gasteiger partial charge in [0.1, 0.15) is 0 Å². The molecule has 0 spiro atoms. The van der Waals surface area contributed by atoms with Crippen molar-refractivity contribution in [2.24, 2.45) is 0 Å². The van der Waals surface area contributed by atoms with Crippen LogP contribution in [-0.2, 0) is 9.53 Å². The summed E-state index contributed by atoms with van der Waals surface area (Å²) in [5.41, 5.74) is -0.366. The van der Waals surface area contributed by atoms with Crippen LogP contribution in [0.1, 0.15) is 55.3 Å². The van der Waals surface area contributed by atoms with Crippen LogP contribution in [0.3, 0.4) is 0 Å². The van der Waals surface area contributed by atoms with E-state index in [1.807, 2.05) is 0 Å². The summed E-state index contributed by atoms with van der Waals surface area (Å²) in [6.45, 7) is 0.871. The average Bonchev–Trinajstić information content (AvgIpc) is 3.15. The number of ether oxygens (including phenoxy) is 3. The number of carboxylic acid groups (broad SMARTS) is 1. The van der Waals surface area contributed by atoms with E-state index in [4.69, 9.17) is 14.2 Å². The highest BCUT2D eigenvalue weighted by atomic mass is 16.5. The zero-order valence-electron chi connectivity index (χ0n) is 15.7. The van der Waals surface area contributed by atoms with Crippen molar-refractivity contribution in [2.45, 2.75) is 56.6 Å². The molecule has 1 saturated heterocycles. The van der Waals surface area contributed by atoms with E-state index in [1.165, 1.54) is 12.8 Å². The maximum atomic E-state index is 12.8. The van der Waals surface area contributed by atoms with Gasteiger partial charge in [0.05, 0.1) is 25.2 Å². The normalized spacial score (nSPS) is 19.4. The second-order valence-electron chi connectivity index (χ2n) is 7.31. The lowest BCUT2D eigenvalue weighted by Crippen LogP contribution is -2.53. The molecule has 7 heteroatoms. The minimum Gasteiger partial charge on any atom is -0.493 e. The minimum absolute atomic E-state index is 0.123. The van der Waals surface area contributed by atoms with Gasteiger partial charge in [-0.1, -0.05) is 0 Å². The molecule has 1 amide bonds. The van der Waals surface area contributed by atoms with E-state index in [0.717, 1.165) is 12.8 Å². The van der Waals surface area contributed by atoms with Gasteiger partial charge in [-0.05, 0) is 56.7 Å². The fourth-order valence-corrected chi connectivity index (χ4v) is 3.80. The largest absolute Gasteiger partial charge is 0.493 e. The Morgan fingerprint density at radius 2 is 1.93 bits per heavy atom. The van der Waals surface area contributed by atoms with Gasteiger partial charge in [-0.2, -0.15) is 0 Å². The van der Waals surface area contributed by atoms with Crippen molar-refractivity contribution in [1.82, 2.24) is 5.32 Å². The molecule has 1 aliphatic carbocycles. The van der Waals surface area contributed by atoms with Gasteiger partial charge >= 0.3 is 5.97 Å². The predicted molar refractivity (Wildman–Crippen MR) is 98.4 cm³/mol. The summed E-state index contributed by atoms with van der Waals surface area (Å²) in [6.07, 6.45) is 5.43. The molecule has 1 heterocycles. The molecule has 0 bridgehead atoms. The van der Waals surface area contributed by atoms with E-state index in [0.29, 0.717) is 43.1 Å². The molecule has 27 heavy (non-hydrogen) atoms. The van der Waals surface area contributed by atoms with Gasteiger partial charge in [-0.15, -0.1) is 0 Å². The fraction of sp³-hybridized carbons (Fsp3) is 0.600. The molecule has 1 saturated carbocycles. The van der Waals surface area contributed by atoms with Crippen LogP contribution in [0.15, 0.2) is 18.2 Å². The SMILES string of the molecule is COc1cc(C(=O)NC2(CC(=O)O)CCOCC2)ccc1OC1CCCC1. The third-order valence-corrected chi connectivity index (χ3v) is 5.34. The Morgan fingerprint density at radius 1 is 1.22 bits per heavy atom. The lowest BCUT2D eigenvalue weighted by atomic mass is 9.86. The van der Waals surface area contributed by atoms with Crippen LogP contribution < -0.4 is 14.8 Å². The molecule has 0 unspecified atom stereocenters. The van der Waals surface area contributed by atoms with Gasteiger partial charge in [0.15, 0.2) is 11.5 Å². The van der Waals surface area contributed by atoms with E-state index >= 15 is 0 Å². The Labute approximate surface area is 159 Å². The molecule has 1 aromatic carbocycles. The van der Waals surface area contributed by atoms with Crippen molar-refractivity contribution in [3.63, 3.8) is 0 Å². The smallest absolute Gasteiger partial charge is 0.305 e. The highest BCUT2D eigenvalue weighted by Gasteiger charge is 2.36. The molecule has 3 rings (SSSR count). The van der Waals surface area contributed by atoms with Crippen LogP contribution in [0.5, 0.6) is 11.5 Å². The molecule has 2 aliphatic rings. The lowest BCUT2D eigenvalue weighted by Gasteiger charge is -2.36. The molecule has 0 atom stereocenters. The zero-order valence-corrected chi connectivity index (χ0v) is 15.7. The Bertz CT molecular complexity index is 677. The second-order valence-corrected chi connectivity index (χ2v) is 7.31. The summed E-state index contributed by atoms with van der Waals surface area (Å²) in [7, 11) is 1.54. The van der Waals surface area contributed by atoms with E-state index in [2.05, 4.69) is 5.32 Å². The lowest BCUT2D eigenvalue weighted by molar-refractivity contribution is -0.139. The number of benzene rings is 1. The number of amides is 1. The van der Waals surface area contributed by atoms with Crippen molar-refractivity contribution in [3.05, 3.63) is 23.8 Å². The van der Waals surface area contributed by atoms with Crippen LogP contribution in [-0.4, -0.2) is 48.9 Å². The molecule has 1 aromatic rings. The van der Waals surface area contributed by atoms with Crippen LogP contribution in [0, 0.1) is 0 Å². The standard InChI is InChI=1S/C20H27NO6/c1-25-17-12-14(6-7-16(17)27-15-4-2-3-5-15)19(24)21-20(13-18(22)23)8-10-26-11-9-20/h6-7,12,15H,2-5,8-11,13H2,1H3,(H,21,24)(H,22,23). The maximum Gasteiger partial charge on any atom is 0.305 e. The number of hydrogen-bond donors (Lipinski definition) is 2. The molecule has 2 fully saturated rings. The number of nitrogens with one attached hydrogen (secondary N) is 1. The topological polar surface area (TPSA) is 94.1 Å². The molecule has 0 radical (unpaired) electrons. The third-order valence-electron chi connectivity index (χ3n) is 5.34. The molecule has 0 aromatic heterocycles. The Hall–Kier alpha value is -2.28. The van der Waals surface area contributed by atoms with E-state index < -0.39 is 11.5 Å². The predicted octanol–water partition coefficient (Wildman–Crippen LogP) is 2.77. The number of hydrogen-bond acceptors (Lipinski definition) is 5. The van der Waals surface area contributed by atoms with Gasteiger partial charge in [0.25, 0.3) is 5.91 Å². The number of carboxylic acids is 1. The fourth-order valence-electron chi connectivity index (χ4n) is 3.80. The number of carbonyl (C=O) groups is 2. The second kappa shape index (κ2) is 8.61. The Morgan fingerprint density at radius 3 is 2.56 bits per heavy atom. The summed E-state index contributed by atoms with van der Waals surface area (Å²) in [4.78, 5) is 24.1. The number of rotatable bonds is 7.